The first-order chi connectivity index (χ1) is 22.5. The summed E-state index contributed by atoms with van der Waals surface area (Å²) in [6, 6.07) is 35.3. The van der Waals surface area contributed by atoms with E-state index < -0.39 is 6.10 Å². The maximum atomic E-state index is 10.6. The number of phenolic OH excluding ortho intramolecular Hbond substituents is 1. The number of aromatic hydroxyl groups is 1. The van der Waals surface area contributed by atoms with Crippen molar-refractivity contribution < 1.29 is 10.2 Å². The predicted octanol–water partition coefficient (Wildman–Crippen LogP) is 8.89. The number of hydrogen-bond donors (Lipinski definition) is 2. The Bertz CT molecular complexity index is 1580. The summed E-state index contributed by atoms with van der Waals surface area (Å²) >= 11 is 0. The van der Waals surface area contributed by atoms with Gasteiger partial charge in [-0.05, 0) is 116 Å². The van der Waals surface area contributed by atoms with E-state index in [0.717, 1.165) is 44.1 Å². The first-order valence-electron chi connectivity index (χ1n) is 17.0. The first-order valence-corrected chi connectivity index (χ1v) is 17.0. The van der Waals surface area contributed by atoms with Gasteiger partial charge in [-0.1, -0.05) is 109 Å². The number of benzene rings is 4. The van der Waals surface area contributed by atoms with Gasteiger partial charge >= 0.3 is 0 Å². The molecule has 4 aromatic carbocycles. The molecule has 4 aromatic rings. The number of piperidine rings is 2. The van der Waals surface area contributed by atoms with E-state index in [1.165, 1.54) is 59.1 Å². The molecule has 2 aliphatic heterocycles. The number of likely N-dealkylation sites (tertiary alicyclic amines) is 2. The third kappa shape index (κ3) is 8.63. The summed E-state index contributed by atoms with van der Waals surface area (Å²) < 4.78 is 0. The molecule has 2 saturated heterocycles. The number of aliphatic hydroxyl groups is 1. The van der Waals surface area contributed by atoms with Crippen molar-refractivity contribution in [2.24, 2.45) is 5.92 Å². The molecule has 7 rings (SSSR count). The topological polar surface area (TPSA) is 46.9 Å². The summed E-state index contributed by atoms with van der Waals surface area (Å²) in [4.78, 5) is 4.82. The van der Waals surface area contributed by atoms with Crippen molar-refractivity contribution in [3.63, 3.8) is 0 Å². The van der Waals surface area contributed by atoms with E-state index in [0.29, 0.717) is 0 Å². The normalized spacial score (nSPS) is 18.1. The number of phenols is 1. The van der Waals surface area contributed by atoms with Crippen molar-refractivity contribution in [3.05, 3.63) is 142 Å². The minimum absolute atomic E-state index is 0. The van der Waals surface area contributed by atoms with Crippen LogP contribution in [0.15, 0.2) is 109 Å². The molecule has 0 radical (unpaired) electrons. The SMILES string of the molecule is CC(C(O)c1ccc(O)cc1)N1CCC(Cc2ccccc2)CC1.CN1CCC(=C2c3ccccc3C=Cc3ccccc32)CC1.Cl. The van der Waals surface area contributed by atoms with Crippen molar-refractivity contribution >= 4 is 30.1 Å². The largest absolute Gasteiger partial charge is 0.508 e. The van der Waals surface area contributed by atoms with E-state index in [4.69, 9.17) is 0 Å². The fourth-order valence-electron chi connectivity index (χ4n) is 7.25. The highest BCUT2D eigenvalue weighted by Gasteiger charge is 2.27. The standard InChI is InChI=1S/C21H27NO2.C21H21N.ClH/c1-16(21(24)19-7-9-20(23)10-8-19)22-13-11-18(12-14-22)15-17-5-3-2-4-6-17;1-22-14-12-18(13-15-22)21-19-8-4-2-6-16(19)10-11-17-7-3-5-9-20(17)21;/h2-10,16,18,21,23-24H,11-15H2,1H3;2-11H,12-15H2,1H3;1H. The van der Waals surface area contributed by atoms with Gasteiger partial charge < -0.3 is 15.1 Å². The monoisotopic (exact) mass is 648 g/mol. The molecule has 0 spiro atoms. The van der Waals surface area contributed by atoms with Crippen molar-refractivity contribution in [1.29, 1.82) is 0 Å². The van der Waals surface area contributed by atoms with Crippen LogP contribution in [-0.2, 0) is 6.42 Å². The lowest BCUT2D eigenvalue weighted by Crippen LogP contribution is -2.43. The number of hydrogen-bond acceptors (Lipinski definition) is 4. The van der Waals surface area contributed by atoms with E-state index in [1.54, 1.807) is 29.8 Å². The average Bonchev–Trinajstić information content (AvgIpc) is 3.27. The Morgan fingerprint density at radius 1 is 0.702 bits per heavy atom. The highest BCUT2D eigenvalue weighted by Crippen LogP contribution is 2.38. The predicted molar refractivity (Wildman–Crippen MR) is 199 cm³/mol. The lowest BCUT2D eigenvalue weighted by atomic mass is 9.86. The van der Waals surface area contributed by atoms with Gasteiger partial charge in [0.25, 0.3) is 0 Å². The van der Waals surface area contributed by atoms with E-state index in [2.05, 4.69) is 115 Å². The molecule has 246 valence electrons. The van der Waals surface area contributed by atoms with Gasteiger partial charge in [-0.3, -0.25) is 4.90 Å². The highest BCUT2D eigenvalue weighted by molar-refractivity contribution is 5.94. The molecule has 1 aliphatic carbocycles. The Balaban J connectivity index is 0.000000181. The van der Waals surface area contributed by atoms with Gasteiger partial charge in [0.2, 0.25) is 0 Å². The summed E-state index contributed by atoms with van der Waals surface area (Å²) in [6.07, 6.45) is 9.87. The molecule has 0 aromatic heterocycles. The minimum atomic E-state index is -0.517. The van der Waals surface area contributed by atoms with Crippen LogP contribution in [0.1, 0.15) is 72.1 Å². The van der Waals surface area contributed by atoms with E-state index >= 15 is 0 Å². The van der Waals surface area contributed by atoms with Gasteiger partial charge in [-0.25, -0.2) is 0 Å². The summed E-state index contributed by atoms with van der Waals surface area (Å²) in [5.74, 6) is 0.974. The van der Waals surface area contributed by atoms with Gasteiger partial charge in [0.1, 0.15) is 5.75 Å². The van der Waals surface area contributed by atoms with Gasteiger partial charge in [-0.2, -0.15) is 0 Å². The molecule has 2 N–H and O–H groups in total. The van der Waals surface area contributed by atoms with Crippen LogP contribution in [0.5, 0.6) is 5.75 Å². The van der Waals surface area contributed by atoms with Crippen molar-refractivity contribution in [3.8, 4) is 5.75 Å². The second kappa shape index (κ2) is 16.4. The number of aliphatic hydroxyl groups excluding tert-OH is 1. The van der Waals surface area contributed by atoms with Crippen LogP contribution in [-0.4, -0.2) is 59.3 Å². The molecule has 4 nitrogen and oxygen atoms in total. The van der Waals surface area contributed by atoms with Crippen LogP contribution >= 0.6 is 12.4 Å². The molecule has 2 atom stereocenters. The van der Waals surface area contributed by atoms with Crippen molar-refractivity contribution in [1.82, 2.24) is 9.80 Å². The van der Waals surface area contributed by atoms with Crippen LogP contribution in [0.25, 0.3) is 17.7 Å². The zero-order valence-corrected chi connectivity index (χ0v) is 28.6. The van der Waals surface area contributed by atoms with Crippen LogP contribution in [0.4, 0.5) is 0 Å². The third-order valence-electron chi connectivity index (χ3n) is 10.1. The Kier molecular flexibility index (Phi) is 12.1. The number of fused-ring (bicyclic) bond motifs is 2. The Hall–Kier alpha value is -3.67. The number of halogens is 1. The summed E-state index contributed by atoms with van der Waals surface area (Å²) in [6.45, 7) is 6.49. The minimum Gasteiger partial charge on any atom is -0.508 e. The second-order valence-corrected chi connectivity index (χ2v) is 13.2. The molecule has 0 amide bonds. The molecular weight excluding hydrogens is 600 g/mol. The van der Waals surface area contributed by atoms with E-state index in [1.807, 2.05) is 0 Å². The number of nitrogens with zero attached hydrogens (tertiary/aromatic N) is 2. The highest BCUT2D eigenvalue weighted by atomic mass is 35.5. The zero-order valence-electron chi connectivity index (χ0n) is 27.8. The zero-order chi connectivity index (χ0) is 31.9. The first kappa shape index (κ1) is 34.7. The molecule has 0 bridgehead atoms. The molecule has 2 heterocycles. The van der Waals surface area contributed by atoms with Gasteiger partial charge in [0.05, 0.1) is 6.10 Å². The Labute approximate surface area is 287 Å². The lowest BCUT2D eigenvalue weighted by Gasteiger charge is -2.38. The molecule has 47 heavy (non-hydrogen) atoms. The van der Waals surface area contributed by atoms with Gasteiger partial charge in [0.15, 0.2) is 0 Å². The molecule has 3 aliphatic rings. The van der Waals surface area contributed by atoms with Crippen LogP contribution < -0.4 is 0 Å². The van der Waals surface area contributed by atoms with Gasteiger partial charge in [-0.15, -0.1) is 12.4 Å². The number of rotatable bonds is 5. The maximum absolute atomic E-state index is 10.6. The maximum Gasteiger partial charge on any atom is 0.115 e. The molecule has 5 heteroatoms. The fourth-order valence-corrected chi connectivity index (χ4v) is 7.25. The second-order valence-electron chi connectivity index (χ2n) is 13.2. The summed E-state index contributed by atoms with van der Waals surface area (Å²) in [7, 11) is 2.22. The van der Waals surface area contributed by atoms with E-state index in [9.17, 15) is 10.2 Å². The smallest absolute Gasteiger partial charge is 0.115 e. The van der Waals surface area contributed by atoms with Crippen LogP contribution in [0.3, 0.4) is 0 Å². The molecular formula is C42H49ClN2O2. The van der Waals surface area contributed by atoms with Crippen molar-refractivity contribution in [2.45, 2.75) is 51.2 Å². The van der Waals surface area contributed by atoms with Gasteiger partial charge in [0, 0.05) is 19.1 Å². The third-order valence-corrected chi connectivity index (χ3v) is 10.1. The Morgan fingerprint density at radius 3 is 1.81 bits per heavy atom. The van der Waals surface area contributed by atoms with E-state index in [-0.39, 0.29) is 24.2 Å². The lowest BCUT2D eigenvalue weighted by molar-refractivity contribution is 0.0373. The molecule has 0 saturated carbocycles. The Morgan fingerprint density at radius 2 is 1.23 bits per heavy atom. The summed E-state index contributed by atoms with van der Waals surface area (Å²) in [5, 5.41) is 20.0. The summed E-state index contributed by atoms with van der Waals surface area (Å²) in [5.41, 5.74) is 10.8. The van der Waals surface area contributed by atoms with Crippen molar-refractivity contribution in [2.75, 3.05) is 33.2 Å². The van der Waals surface area contributed by atoms with Crippen LogP contribution in [0, 0.1) is 5.92 Å². The molecule has 2 unspecified atom stereocenters. The fraction of sp³-hybridized carbons (Fsp3) is 0.333. The quantitative estimate of drug-likeness (QED) is 0.200. The molecule has 2 fully saturated rings. The average molecular weight is 649 g/mol. The van der Waals surface area contributed by atoms with Crippen LogP contribution in [0.2, 0.25) is 0 Å².